The van der Waals surface area contributed by atoms with Gasteiger partial charge in [-0.05, 0) is 90.3 Å². The molecule has 0 radical (unpaired) electrons. The molecule has 18 heteroatoms. The van der Waals surface area contributed by atoms with E-state index in [1.54, 1.807) is 43.2 Å². The van der Waals surface area contributed by atoms with Gasteiger partial charge in [0.15, 0.2) is 0 Å². The number of nitrogens with zero attached hydrogens (tertiary/aromatic N) is 1. The Kier molecular flexibility index (Phi) is 68.6. The molecular weight excluding hydrogens is 1170 g/mol. The molecule has 0 unspecified atom stereocenters. The van der Waals surface area contributed by atoms with Crippen molar-refractivity contribution >= 4 is 110 Å². The third-order valence-electron chi connectivity index (χ3n) is 13.9. The van der Waals surface area contributed by atoms with Gasteiger partial charge in [0.2, 0.25) is 0 Å². The lowest BCUT2D eigenvalue weighted by molar-refractivity contribution is -0.150. The van der Waals surface area contributed by atoms with Crippen LogP contribution in [0, 0.1) is 11.8 Å². The van der Waals surface area contributed by atoms with Crippen molar-refractivity contribution in [2.75, 3.05) is 98.7 Å². The van der Waals surface area contributed by atoms with Gasteiger partial charge in [0, 0.05) is 64.5 Å². The largest absolute Gasteiger partial charge is 0.465 e. The van der Waals surface area contributed by atoms with Crippen LogP contribution < -0.4 is 0 Å². The number of carbonyl (C=O) groups is 4. The van der Waals surface area contributed by atoms with Crippen LogP contribution in [0.5, 0.6) is 0 Å². The lowest BCUT2D eigenvalue weighted by Crippen LogP contribution is -2.28. The molecule has 0 aliphatic heterocycles. The molecule has 0 atom stereocenters. The first-order chi connectivity index (χ1) is 39.8. The second-order valence-electron chi connectivity index (χ2n) is 21.7. The first kappa shape index (κ1) is 81.6. The Morgan fingerprint density at radius 2 is 0.543 bits per heavy atom. The Balaban J connectivity index is 5.32. The van der Waals surface area contributed by atoms with Crippen LogP contribution in [0.3, 0.4) is 0 Å². The van der Waals surface area contributed by atoms with Crippen molar-refractivity contribution in [3.05, 3.63) is 0 Å². The van der Waals surface area contributed by atoms with Gasteiger partial charge in [-0.25, -0.2) is 0 Å². The molecule has 0 aliphatic carbocycles. The van der Waals surface area contributed by atoms with Crippen LogP contribution in [0.1, 0.15) is 265 Å². The van der Waals surface area contributed by atoms with Crippen molar-refractivity contribution in [1.82, 2.24) is 4.90 Å². The quantitative estimate of drug-likeness (QED) is 0.0268. The van der Waals surface area contributed by atoms with Gasteiger partial charge in [0.25, 0.3) is 0 Å². The lowest BCUT2D eigenvalue weighted by Gasteiger charge is -2.24. The molecule has 0 saturated carbocycles. The fourth-order valence-electron chi connectivity index (χ4n) is 8.79. The van der Waals surface area contributed by atoms with Crippen LogP contribution in [0.15, 0.2) is 0 Å². The highest BCUT2D eigenvalue weighted by Gasteiger charge is 2.18. The Hall–Kier alpha value is 0.600. The van der Waals surface area contributed by atoms with Gasteiger partial charge >= 0.3 is 23.9 Å². The molecule has 0 spiro atoms. The van der Waals surface area contributed by atoms with E-state index >= 15 is 0 Å². The number of carbonyl (C=O) groups excluding carboxylic acids is 4. The highest BCUT2D eigenvalue weighted by Crippen LogP contribution is 2.28. The fourth-order valence-corrected chi connectivity index (χ4v) is 17.3. The maximum absolute atomic E-state index is 12.9. The molecule has 0 heterocycles. The summed E-state index contributed by atoms with van der Waals surface area (Å²) in [4.78, 5) is 54.0. The standard InChI is InChI=1S/C63H121NO9S8/c1-5-9-13-17-21-32-46-74-78-50-38-60(66)70-54-58(55-71-61(67)39-51-79-75-47-33-22-18-14-10-6-2)36-26-29-43-64(42-28-25-31-45-65)44-30-27-37-59(56-72-62(68)40-52-80-76-48-34-23-19-15-11-7-3)57-73-63(69)41-53-81-77-49-35-24-20-16-12-8-4/h58-59,65H,5-57H2,1-4H3. The van der Waals surface area contributed by atoms with Crippen molar-refractivity contribution in [1.29, 1.82) is 0 Å². The molecule has 0 amide bonds. The van der Waals surface area contributed by atoms with Crippen molar-refractivity contribution in [2.45, 2.75) is 265 Å². The Morgan fingerprint density at radius 3 is 0.815 bits per heavy atom. The van der Waals surface area contributed by atoms with Crippen LogP contribution in [0.2, 0.25) is 0 Å². The van der Waals surface area contributed by atoms with Crippen LogP contribution in [0.4, 0.5) is 0 Å². The van der Waals surface area contributed by atoms with E-state index < -0.39 is 0 Å². The van der Waals surface area contributed by atoms with E-state index in [0.717, 1.165) is 123 Å². The zero-order chi connectivity index (χ0) is 59.0. The minimum Gasteiger partial charge on any atom is -0.465 e. The predicted octanol–water partition coefficient (Wildman–Crippen LogP) is 19.7. The zero-order valence-corrected chi connectivity index (χ0v) is 58.6. The number of hydrogen-bond donors (Lipinski definition) is 1. The number of esters is 4. The van der Waals surface area contributed by atoms with Gasteiger partial charge in [-0.2, -0.15) is 0 Å². The predicted molar refractivity (Wildman–Crippen MR) is 368 cm³/mol. The van der Waals surface area contributed by atoms with Crippen molar-refractivity contribution in [3.63, 3.8) is 0 Å². The van der Waals surface area contributed by atoms with E-state index in [2.05, 4.69) is 32.6 Å². The van der Waals surface area contributed by atoms with Gasteiger partial charge in [-0.1, -0.05) is 255 Å². The summed E-state index contributed by atoms with van der Waals surface area (Å²) in [5.41, 5.74) is 0. The SMILES string of the molecule is CCCCCCCCSSCCC(=O)OCC(CCCCN(CCCCCO)CCCCC(COC(=O)CCSSCCCCCCCC)COC(=O)CCSSCCCCCCCC)COC(=O)CCSSCCCCCCCC. The summed E-state index contributed by atoms with van der Waals surface area (Å²) < 4.78 is 23.3. The number of hydrogen-bond acceptors (Lipinski definition) is 18. The molecular formula is C63H121NO9S8. The molecule has 0 saturated heterocycles. The van der Waals surface area contributed by atoms with Crippen LogP contribution in [-0.2, 0) is 38.1 Å². The lowest BCUT2D eigenvalue weighted by atomic mass is 10.0. The van der Waals surface area contributed by atoms with Crippen LogP contribution in [0.25, 0.3) is 0 Å². The number of aliphatic hydroxyl groups excluding tert-OH is 1. The summed E-state index contributed by atoms with van der Waals surface area (Å²) in [7, 11) is 14.4. The molecule has 0 aromatic carbocycles. The van der Waals surface area contributed by atoms with E-state index in [9.17, 15) is 24.3 Å². The van der Waals surface area contributed by atoms with Gasteiger partial charge in [-0.15, -0.1) is 0 Å². The second-order valence-corrected chi connectivity index (χ2v) is 32.5. The summed E-state index contributed by atoms with van der Waals surface area (Å²) in [6.45, 7) is 13.0. The molecule has 0 fully saturated rings. The average Bonchev–Trinajstić information content (AvgIpc) is 3.46. The normalized spacial score (nSPS) is 11.6. The van der Waals surface area contributed by atoms with Crippen LogP contribution in [-0.4, -0.2) is 133 Å². The molecule has 81 heavy (non-hydrogen) atoms. The van der Waals surface area contributed by atoms with E-state index in [4.69, 9.17) is 18.9 Å². The maximum Gasteiger partial charge on any atom is 0.306 e. The highest BCUT2D eigenvalue weighted by molar-refractivity contribution is 8.77. The van der Waals surface area contributed by atoms with Crippen LogP contribution >= 0.6 is 86.4 Å². The second kappa shape index (κ2) is 68.1. The van der Waals surface area contributed by atoms with E-state index in [-0.39, 0.29) is 68.7 Å². The number of aliphatic hydroxyl groups is 1. The average molecular weight is 1290 g/mol. The molecule has 0 aliphatic rings. The van der Waals surface area contributed by atoms with Gasteiger partial charge in [-0.3, -0.25) is 19.2 Å². The summed E-state index contributed by atoms with van der Waals surface area (Å²) in [6, 6.07) is 0. The maximum atomic E-state index is 12.9. The highest BCUT2D eigenvalue weighted by atomic mass is 33.1. The Morgan fingerprint density at radius 1 is 0.309 bits per heavy atom. The van der Waals surface area contributed by atoms with Crippen molar-refractivity contribution < 1.29 is 43.2 Å². The van der Waals surface area contributed by atoms with E-state index in [1.165, 1.54) is 154 Å². The van der Waals surface area contributed by atoms with Gasteiger partial charge in [0.1, 0.15) is 0 Å². The Bertz CT molecular complexity index is 1190. The smallest absolute Gasteiger partial charge is 0.306 e. The molecule has 0 aromatic heterocycles. The zero-order valence-electron chi connectivity index (χ0n) is 52.1. The number of ether oxygens (including phenoxy) is 4. The molecule has 480 valence electrons. The molecule has 0 bridgehead atoms. The molecule has 0 rings (SSSR count). The van der Waals surface area contributed by atoms with Gasteiger partial charge < -0.3 is 29.0 Å². The molecule has 1 N–H and O–H groups in total. The summed E-state index contributed by atoms with van der Waals surface area (Å²) in [5.74, 6) is 6.56. The third-order valence-corrected chi connectivity index (χ3v) is 23.9. The molecule has 10 nitrogen and oxygen atoms in total. The topological polar surface area (TPSA) is 129 Å². The van der Waals surface area contributed by atoms with Crippen molar-refractivity contribution in [2.24, 2.45) is 11.8 Å². The monoisotopic (exact) mass is 1290 g/mol. The fraction of sp³-hybridized carbons (Fsp3) is 0.937. The minimum absolute atomic E-state index is 0.0550. The summed E-state index contributed by atoms with van der Waals surface area (Å²) in [6.07, 6.45) is 40.6. The summed E-state index contributed by atoms with van der Waals surface area (Å²) in [5, 5.41) is 9.49. The first-order valence-corrected chi connectivity index (χ1v) is 42.7. The van der Waals surface area contributed by atoms with E-state index in [0.29, 0.717) is 25.7 Å². The van der Waals surface area contributed by atoms with E-state index in [1.807, 2.05) is 43.2 Å². The number of unbranched alkanes of at least 4 members (excludes halogenated alkanes) is 24. The first-order valence-electron chi connectivity index (χ1n) is 32.7. The van der Waals surface area contributed by atoms with Gasteiger partial charge in [0.05, 0.1) is 52.1 Å². The van der Waals surface area contributed by atoms with Crippen molar-refractivity contribution in [3.8, 4) is 0 Å². The minimum atomic E-state index is -0.185. The number of rotatable bonds is 67. The Labute approximate surface area is 530 Å². The summed E-state index contributed by atoms with van der Waals surface area (Å²) >= 11 is 0. The molecule has 0 aromatic rings. The third kappa shape index (κ3) is 63.4.